The molecule has 0 bridgehead atoms. The lowest BCUT2D eigenvalue weighted by atomic mass is 10.2. The maximum absolute atomic E-state index is 12.0. The Hall–Kier alpha value is -1.70. The standard InChI is InChI=1S/C16H16ClN3O2S2/c1-10(11-7-8-13(17)24-11)18-14(21)5-2-6-15-19-16(20-22-15)12-4-3-9-23-12/h3-4,7-10H,2,5-6H2,1H3,(H,18,21). The fraction of sp³-hybridized carbons (Fsp3) is 0.312. The van der Waals surface area contributed by atoms with E-state index in [1.807, 2.05) is 36.6 Å². The van der Waals surface area contributed by atoms with Crippen molar-refractivity contribution in [2.24, 2.45) is 0 Å². The van der Waals surface area contributed by atoms with Crippen molar-refractivity contribution < 1.29 is 9.32 Å². The van der Waals surface area contributed by atoms with Crippen LogP contribution in [0.2, 0.25) is 4.34 Å². The van der Waals surface area contributed by atoms with Gasteiger partial charge in [0.05, 0.1) is 15.3 Å². The molecular weight excluding hydrogens is 366 g/mol. The van der Waals surface area contributed by atoms with Crippen LogP contribution in [0.4, 0.5) is 0 Å². The number of carbonyl (C=O) groups excluding carboxylic acids is 1. The molecule has 24 heavy (non-hydrogen) atoms. The average molecular weight is 382 g/mol. The number of hydrogen-bond donors (Lipinski definition) is 1. The molecule has 0 fully saturated rings. The first-order valence-electron chi connectivity index (χ1n) is 7.53. The summed E-state index contributed by atoms with van der Waals surface area (Å²) in [6, 6.07) is 7.63. The van der Waals surface area contributed by atoms with Gasteiger partial charge in [0.25, 0.3) is 0 Å². The SMILES string of the molecule is CC(NC(=O)CCCc1nc(-c2cccs2)no1)c1ccc(Cl)s1. The minimum Gasteiger partial charge on any atom is -0.349 e. The molecule has 1 atom stereocenters. The number of nitrogens with zero attached hydrogens (tertiary/aromatic N) is 2. The van der Waals surface area contributed by atoms with Crippen LogP contribution in [-0.4, -0.2) is 16.0 Å². The average Bonchev–Trinajstić information content (AvgIpc) is 3.27. The number of rotatable bonds is 7. The van der Waals surface area contributed by atoms with E-state index < -0.39 is 0 Å². The molecule has 126 valence electrons. The van der Waals surface area contributed by atoms with Crippen LogP contribution in [0.3, 0.4) is 0 Å². The summed E-state index contributed by atoms with van der Waals surface area (Å²) >= 11 is 8.96. The molecule has 3 aromatic rings. The number of aryl methyl sites for hydroxylation is 1. The number of thiophene rings is 2. The molecule has 0 radical (unpaired) electrons. The van der Waals surface area contributed by atoms with Crippen LogP contribution < -0.4 is 5.32 Å². The van der Waals surface area contributed by atoms with Gasteiger partial charge in [0, 0.05) is 17.7 Å². The molecular formula is C16H16ClN3O2S2. The van der Waals surface area contributed by atoms with Crippen molar-refractivity contribution in [2.75, 3.05) is 0 Å². The molecule has 0 saturated carbocycles. The van der Waals surface area contributed by atoms with E-state index in [-0.39, 0.29) is 11.9 Å². The van der Waals surface area contributed by atoms with E-state index >= 15 is 0 Å². The van der Waals surface area contributed by atoms with Crippen molar-refractivity contribution in [3.05, 3.63) is 44.7 Å². The first-order chi connectivity index (χ1) is 11.6. The zero-order chi connectivity index (χ0) is 16.9. The van der Waals surface area contributed by atoms with Crippen molar-refractivity contribution >= 4 is 40.2 Å². The largest absolute Gasteiger partial charge is 0.349 e. The molecule has 3 aromatic heterocycles. The Morgan fingerprint density at radius 3 is 3.00 bits per heavy atom. The van der Waals surface area contributed by atoms with Gasteiger partial charge in [-0.3, -0.25) is 4.79 Å². The number of hydrogen-bond acceptors (Lipinski definition) is 6. The predicted octanol–water partition coefficient (Wildman–Crippen LogP) is 4.71. The predicted molar refractivity (Wildman–Crippen MR) is 96.4 cm³/mol. The molecule has 0 aromatic carbocycles. The Morgan fingerprint density at radius 2 is 2.29 bits per heavy atom. The minimum absolute atomic E-state index is 0.00465. The summed E-state index contributed by atoms with van der Waals surface area (Å²) in [5.74, 6) is 1.17. The molecule has 0 spiro atoms. The number of nitrogens with one attached hydrogen (secondary N) is 1. The van der Waals surface area contributed by atoms with Gasteiger partial charge in [-0.25, -0.2) is 0 Å². The molecule has 0 saturated heterocycles. The molecule has 1 N–H and O–H groups in total. The summed E-state index contributed by atoms with van der Waals surface area (Å²) in [5.41, 5.74) is 0. The Bertz CT molecular complexity index is 798. The van der Waals surface area contributed by atoms with Gasteiger partial charge < -0.3 is 9.84 Å². The van der Waals surface area contributed by atoms with E-state index in [0.29, 0.717) is 31.0 Å². The Labute approximate surface area is 152 Å². The zero-order valence-electron chi connectivity index (χ0n) is 13.0. The van der Waals surface area contributed by atoms with E-state index in [1.165, 1.54) is 11.3 Å². The van der Waals surface area contributed by atoms with Crippen molar-refractivity contribution in [1.82, 2.24) is 15.5 Å². The van der Waals surface area contributed by atoms with E-state index in [4.69, 9.17) is 16.1 Å². The third-order valence-electron chi connectivity index (χ3n) is 3.40. The van der Waals surface area contributed by atoms with Crippen LogP contribution in [0, 0.1) is 0 Å². The van der Waals surface area contributed by atoms with Crippen LogP contribution in [0.5, 0.6) is 0 Å². The van der Waals surface area contributed by atoms with Crippen LogP contribution >= 0.6 is 34.3 Å². The summed E-state index contributed by atoms with van der Waals surface area (Å²) in [6.45, 7) is 1.95. The molecule has 5 nitrogen and oxygen atoms in total. The summed E-state index contributed by atoms with van der Waals surface area (Å²) in [7, 11) is 0. The van der Waals surface area contributed by atoms with Crippen LogP contribution in [0.1, 0.15) is 36.6 Å². The van der Waals surface area contributed by atoms with E-state index in [0.717, 1.165) is 14.1 Å². The molecule has 1 amide bonds. The van der Waals surface area contributed by atoms with Crippen LogP contribution in [0.25, 0.3) is 10.7 Å². The molecule has 3 rings (SSSR count). The third kappa shape index (κ3) is 4.43. The van der Waals surface area contributed by atoms with Crippen LogP contribution in [0.15, 0.2) is 34.2 Å². The topological polar surface area (TPSA) is 68.0 Å². The fourth-order valence-corrected chi connectivity index (χ4v) is 3.92. The van der Waals surface area contributed by atoms with Gasteiger partial charge in [-0.15, -0.1) is 22.7 Å². The minimum atomic E-state index is -0.0381. The second-order valence-electron chi connectivity index (χ2n) is 5.27. The monoisotopic (exact) mass is 381 g/mol. The number of carbonyl (C=O) groups is 1. The molecule has 8 heteroatoms. The van der Waals surface area contributed by atoms with Gasteiger partial charge >= 0.3 is 0 Å². The summed E-state index contributed by atoms with van der Waals surface area (Å²) in [4.78, 5) is 18.4. The Morgan fingerprint density at radius 1 is 1.42 bits per heavy atom. The third-order valence-corrected chi connectivity index (χ3v) is 5.68. The highest BCUT2D eigenvalue weighted by Gasteiger charge is 2.13. The number of aromatic nitrogens is 2. The van der Waals surface area contributed by atoms with Gasteiger partial charge in [-0.05, 0) is 36.9 Å². The highest BCUT2D eigenvalue weighted by molar-refractivity contribution is 7.16. The summed E-state index contributed by atoms with van der Waals surface area (Å²) in [5, 5.41) is 8.90. The molecule has 1 unspecified atom stereocenters. The van der Waals surface area contributed by atoms with Gasteiger partial charge in [-0.2, -0.15) is 4.98 Å². The van der Waals surface area contributed by atoms with E-state index in [1.54, 1.807) is 11.3 Å². The van der Waals surface area contributed by atoms with Gasteiger partial charge in [-0.1, -0.05) is 22.8 Å². The smallest absolute Gasteiger partial charge is 0.226 e. The number of amides is 1. The molecule has 3 heterocycles. The molecule has 0 aliphatic carbocycles. The van der Waals surface area contributed by atoms with Crippen molar-refractivity contribution in [2.45, 2.75) is 32.2 Å². The lowest BCUT2D eigenvalue weighted by Crippen LogP contribution is -2.25. The summed E-state index contributed by atoms with van der Waals surface area (Å²) in [6.07, 6.45) is 1.67. The van der Waals surface area contributed by atoms with Crippen molar-refractivity contribution in [1.29, 1.82) is 0 Å². The van der Waals surface area contributed by atoms with Gasteiger partial charge in [0.2, 0.25) is 17.6 Å². The summed E-state index contributed by atoms with van der Waals surface area (Å²) < 4.78 is 5.95. The van der Waals surface area contributed by atoms with E-state index in [2.05, 4.69) is 15.5 Å². The molecule has 0 aliphatic heterocycles. The second kappa shape index (κ2) is 7.92. The van der Waals surface area contributed by atoms with Crippen molar-refractivity contribution in [3.63, 3.8) is 0 Å². The first kappa shape index (κ1) is 17.1. The number of halogens is 1. The Balaban J connectivity index is 1.43. The normalized spacial score (nSPS) is 12.2. The maximum Gasteiger partial charge on any atom is 0.226 e. The highest BCUT2D eigenvalue weighted by atomic mass is 35.5. The molecule has 0 aliphatic rings. The quantitative estimate of drug-likeness (QED) is 0.643. The first-order valence-corrected chi connectivity index (χ1v) is 9.60. The fourth-order valence-electron chi connectivity index (χ4n) is 2.21. The van der Waals surface area contributed by atoms with Gasteiger partial charge in [0.15, 0.2) is 0 Å². The lowest BCUT2D eigenvalue weighted by molar-refractivity contribution is -0.121. The second-order valence-corrected chi connectivity index (χ2v) is 7.97. The Kier molecular flexibility index (Phi) is 5.65. The van der Waals surface area contributed by atoms with E-state index in [9.17, 15) is 4.79 Å². The van der Waals surface area contributed by atoms with Crippen molar-refractivity contribution in [3.8, 4) is 10.7 Å². The van der Waals surface area contributed by atoms with Crippen LogP contribution in [-0.2, 0) is 11.2 Å². The lowest BCUT2D eigenvalue weighted by Gasteiger charge is -2.11. The van der Waals surface area contributed by atoms with Gasteiger partial charge in [0.1, 0.15) is 0 Å². The highest BCUT2D eigenvalue weighted by Crippen LogP contribution is 2.26. The maximum atomic E-state index is 12.0. The zero-order valence-corrected chi connectivity index (χ0v) is 15.4.